The van der Waals surface area contributed by atoms with Crippen LogP contribution in [0.1, 0.15) is 10.5 Å². The van der Waals surface area contributed by atoms with E-state index in [9.17, 15) is 9.18 Å². The van der Waals surface area contributed by atoms with Crippen molar-refractivity contribution in [1.82, 2.24) is 9.88 Å². The molecule has 0 saturated carbocycles. The molecule has 1 saturated heterocycles. The Hall–Kier alpha value is -1.34. The molecule has 0 radical (unpaired) electrons. The molecule has 0 aliphatic carbocycles. The number of hydrogen-bond acceptors (Lipinski definition) is 3. The minimum Gasteiger partial charge on any atom is -0.373 e. The molecule has 22 heavy (non-hydrogen) atoms. The molecule has 0 spiro atoms. The van der Waals surface area contributed by atoms with Gasteiger partial charge >= 0.3 is 0 Å². The van der Waals surface area contributed by atoms with Crippen LogP contribution < -0.4 is 5.73 Å². The summed E-state index contributed by atoms with van der Waals surface area (Å²) < 4.78 is 19.0. The summed E-state index contributed by atoms with van der Waals surface area (Å²) in [4.78, 5) is 17.2. The summed E-state index contributed by atoms with van der Waals surface area (Å²) in [6.07, 6.45) is -0.193. The molecule has 1 aromatic carbocycles. The van der Waals surface area contributed by atoms with Crippen LogP contribution >= 0.6 is 23.2 Å². The fraction of sp³-hybridized carbons (Fsp3) is 0.357. The summed E-state index contributed by atoms with van der Waals surface area (Å²) in [6, 6.07) is 2.73. The lowest BCUT2D eigenvalue weighted by molar-refractivity contribution is -0.0169. The van der Waals surface area contributed by atoms with E-state index in [2.05, 4.69) is 4.98 Å². The Labute approximate surface area is 136 Å². The average molecular weight is 346 g/mol. The van der Waals surface area contributed by atoms with Gasteiger partial charge in [0.15, 0.2) is 0 Å². The molecular weight excluding hydrogens is 332 g/mol. The minimum absolute atomic E-state index is 0.0976. The van der Waals surface area contributed by atoms with E-state index in [1.807, 2.05) is 0 Å². The van der Waals surface area contributed by atoms with Gasteiger partial charge in [-0.15, -0.1) is 0 Å². The van der Waals surface area contributed by atoms with Gasteiger partial charge in [0.25, 0.3) is 5.91 Å². The van der Waals surface area contributed by atoms with E-state index in [0.717, 1.165) is 0 Å². The van der Waals surface area contributed by atoms with Gasteiger partial charge in [-0.3, -0.25) is 4.79 Å². The number of ether oxygens (including phenoxy) is 1. The van der Waals surface area contributed by atoms with E-state index in [1.165, 1.54) is 12.1 Å². The summed E-state index contributed by atoms with van der Waals surface area (Å²) in [6.45, 7) is 1.59. The minimum atomic E-state index is -0.580. The van der Waals surface area contributed by atoms with Gasteiger partial charge in [0.05, 0.1) is 22.8 Å². The monoisotopic (exact) mass is 345 g/mol. The highest BCUT2D eigenvalue weighted by Crippen LogP contribution is 2.35. The van der Waals surface area contributed by atoms with Crippen LogP contribution in [0.2, 0.25) is 10.0 Å². The van der Waals surface area contributed by atoms with Crippen molar-refractivity contribution in [2.75, 3.05) is 26.2 Å². The second-order valence-corrected chi connectivity index (χ2v) is 5.83. The van der Waals surface area contributed by atoms with Crippen LogP contribution in [0.4, 0.5) is 4.39 Å². The smallest absolute Gasteiger partial charge is 0.272 e. The first-order valence-corrected chi connectivity index (χ1v) is 7.54. The lowest BCUT2D eigenvalue weighted by Crippen LogP contribution is -2.48. The number of H-pyrrole nitrogens is 1. The molecule has 1 atom stereocenters. The maximum Gasteiger partial charge on any atom is 0.272 e. The summed E-state index contributed by atoms with van der Waals surface area (Å²) in [5, 5.41) is 0.343. The van der Waals surface area contributed by atoms with Crippen LogP contribution in [-0.4, -0.2) is 48.1 Å². The van der Waals surface area contributed by atoms with Gasteiger partial charge in [-0.25, -0.2) is 4.39 Å². The fourth-order valence-electron chi connectivity index (χ4n) is 2.54. The van der Waals surface area contributed by atoms with Crippen LogP contribution in [0, 0.1) is 5.82 Å². The zero-order chi connectivity index (χ0) is 15.9. The van der Waals surface area contributed by atoms with Crippen LogP contribution in [0.5, 0.6) is 0 Å². The number of nitrogens with zero attached hydrogens (tertiary/aromatic N) is 1. The maximum atomic E-state index is 13.6. The van der Waals surface area contributed by atoms with Gasteiger partial charge in [-0.05, 0) is 12.1 Å². The number of fused-ring (bicyclic) bond motifs is 1. The topological polar surface area (TPSA) is 71.3 Å². The van der Waals surface area contributed by atoms with E-state index in [1.54, 1.807) is 4.90 Å². The van der Waals surface area contributed by atoms with Crippen molar-refractivity contribution >= 4 is 40.0 Å². The number of aromatic nitrogens is 1. The highest BCUT2D eigenvalue weighted by molar-refractivity contribution is 6.44. The predicted molar refractivity (Wildman–Crippen MR) is 83.0 cm³/mol. The molecule has 3 rings (SSSR count). The molecule has 118 valence electrons. The fourth-order valence-corrected chi connectivity index (χ4v) is 3.17. The van der Waals surface area contributed by atoms with Gasteiger partial charge in [-0.2, -0.15) is 0 Å². The predicted octanol–water partition coefficient (Wildman–Crippen LogP) is 2.41. The van der Waals surface area contributed by atoms with Crippen LogP contribution in [0.25, 0.3) is 10.9 Å². The molecule has 0 bridgehead atoms. The Bertz CT molecular complexity index is 734. The number of carbonyl (C=O) groups excluding carboxylic acids is 1. The molecule has 1 unspecified atom stereocenters. The number of nitrogens with two attached hydrogens (primary N) is 1. The highest BCUT2D eigenvalue weighted by atomic mass is 35.5. The first-order valence-electron chi connectivity index (χ1n) is 6.79. The quantitative estimate of drug-likeness (QED) is 0.877. The van der Waals surface area contributed by atoms with Gasteiger partial charge in [-0.1, -0.05) is 23.2 Å². The molecular formula is C14H14Cl2FN3O2. The number of benzene rings is 1. The summed E-state index contributed by atoms with van der Waals surface area (Å²) in [5.74, 6) is -0.858. The van der Waals surface area contributed by atoms with Crippen molar-refractivity contribution in [3.63, 3.8) is 0 Å². The van der Waals surface area contributed by atoms with Crippen molar-refractivity contribution in [2.24, 2.45) is 5.73 Å². The number of morpholine rings is 1. The van der Waals surface area contributed by atoms with Crippen molar-refractivity contribution in [3.8, 4) is 0 Å². The first kappa shape index (κ1) is 15.6. The number of carbonyl (C=O) groups is 1. The highest BCUT2D eigenvalue weighted by Gasteiger charge is 2.28. The SMILES string of the molecule is NCC1CN(C(=O)c2[nH]c3ccc(F)c(Cl)c3c2Cl)CCO1. The maximum absolute atomic E-state index is 13.6. The lowest BCUT2D eigenvalue weighted by atomic mass is 10.2. The second kappa shape index (κ2) is 6.04. The average Bonchev–Trinajstić information content (AvgIpc) is 2.88. The van der Waals surface area contributed by atoms with Crippen LogP contribution in [0.15, 0.2) is 12.1 Å². The summed E-state index contributed by atoms with van der Waals surface area (Å²) in [7, 11) is 0. The lowest BCUT2D eigenvalue weighted by Gasteiger charge is -2.32. The number of nitrogens with one attached hydrogen (secondary N) is 1. The normalized spacial score (nSPS) is 18.9. The molecule has 1 fully saturated rings. The Kier molecular flexibility index (Phi) is 4.27. The standard InChI is InChI=1S/C14H14Cl2FN3O2/c15-11-8(17)1-2-9-10(11)12(16)13(19-9)14(21)20-3-4-22-7(5-18)6-20/h1-2,7,19H,3-6,18H2. The van der Waals surface area contributed by atoms with Crippen molar-refractivity contribution in [2.45, 2.75) is 6.10 Å². The zero-order valence-corrected chi connectivity index (χ0v) is 13.0. The molecule has 5 nitrogen and oxygen atoms in total. The van der Waals surface area contributed by atoms with Crippen molar-refractivity contribution in [3.05, 3.63) is 33.7 Å². The summed E-state index contributed by atoms with van der Waals surface area (Å²) >= 11 is 12.2. The molecule has 1 amide bonds. The first-order chi connectivity index (χ1) is 10.5. The van der Waals surface area contributed by atoms with Gasteiger partial charge < -0.3 is 20.4 Å². The molecule has 1 aromatic heterocycles. The van der Waals surface area contributed by atoms with E-state index in [-0.39, 0.29) is 27.8 Å². The molecule has 1 aliphatic rings. The third kappa shape index (κ3) is 2.56. The zero-order valence-electron chi connectivity index (χ0n) is 11.5. The van der Waals surface area contributed by atoms with Gasteiger partial charge in [0.2, 0.25) is 0 Å². The number of hydrogen-bond donors (Lipinski definition) is 2. The third-order valence-corrected chi connectivity index (χ3v) is 4.44. The Morgan fingerprint density at radius 2 is 2.23 bits per heavy atom. The molecule has 8 heteroatoms. The third-order valence-electron chi connectivity index (χ3n) is 3.70. The molecule has 3 N–H and O–H groups in total. The van der Waals surface area contributed by atoms with Crippen molar-refractivity contribution < 1.29 is 13.9 Å². The largest absolute Gasteiger partial charge is 0.373 e. The molecule has 2 heterocycles. The number of amides is 1. The number of aromatic amines is 1. The Morgan fingerprint density at radius 3 is 2.95 bits per heavy atom. The number of halogens is 3. The van der Waals surface area contributed by atoms with Crippen LogP contribution in [0.3, 0.4) is 0 Å². The molecule has 1 aliphatic heterocycles. The van der Waals surface area contributed by atoms with Crippen LogP contribution in [-0.2, 0) is 4.74 Å². The Balaban J connectivity index is 1.98. The van der Waals surface area contributed by atoms with Crippen molar-refractivity contribution in [1.29, 1.82) is 0 Å². The van der Waals surface area contributed by atoms with Gasteiger partial charge in [0.1, 0.15) is 11.5 Å². The second-order valence-electron chi connectivity index (χ2n) is 5.08. The molecule has 2 aromatic rings. The Morgan fingerprint density at radius 1 is 1.45 bits per heavy atom. The van der Waals surface area contributed by atoms with E-state index in [0.29, 0.717) is 37.1 Å². The summed E-state index contributed by atoms with van der Waals surface area (Å²) in [5.41, 5.74) is 6.29. The van der Waals surface area contributed by atoms with E-state index >= 15 is 0 Å². The number of rotatable bonds is 2. The van der Waals surface area contributed by atoms with Gasteiger partial charge in [0, 0.05) is 30.5 Å². The van der Waals surface area contributed by atoms with E-state index in [4.69, 9.17) is 33.7 Å². The van der Waals surface area contributed by atoms with E-state index < -0.39 is 5.82 Å².